The summed E-state index contributed by atoms with van der Waals surface area (Å²) >= 11 is 1.52. The van der Waals surface area contributed by atoms with Crippen molar-refractivity contribution in [2.24, 2.45) is 7.05 Å². The van der Waals surface area contributed by atoms with Gasteiger partial charge < -0.3 is 9.80 Å². The highest BCUT2D eigenvalue weighted by Gasteiger charge is 2.19. The molecule has 0 bridgehead atoms. The molecule has 26 heavy (non-hydrogen) atoms. The van der Waals surface area contributed by atoms with Crippen LogP contribution in [0.4, 0.5) is 0 Å². The second-order valence-electron chi connectivity index (χ2n) is 6.91. The van der Waals surface area contributed by atoms with Crippen LogP contribution in [0.15, 0.2) is 30.3 Å². The number of aromatic nitrogens is 2. The van der Waals surface area contributed by atoms with Crippen molar-refractivity contribution in [1.29, 1.82) is 0 Å². The molecule has 0 atom stereocenters. The van der Waals surface area contributed by atoms with Crippen LogP contribution < -0.4 is 0 Å². The normalized spacial score (nSPS) is 11.5. The van der Waals surface area contributed by atoms with Gasteiger partial charge in [-0.1, -0.05) is 24.3 Å². The summed E-state index contributed by atoms with van der Waals surface area (Å²) in [6.07, 6.45) is 0. The van der Waals surface area contributed by atoms with Gasteiger partial charge in [-0.15, -0.1) is 11.3 Å². The van der Waals surface area contributed by atoms with Crippen LogP contribution in [0, 0.1) is 6.92 Å². The largest absolute Gasteiger partial charge is 0.334 e. The van der Waals surface area contributed by atoms with Crippen molar-refractivity contribution in [3.05, 3.63) is 52.0 Å². The first kappa shape index (κ1) is 18.6. The van der Waals surface area contributed by atoms with Crippen LogP contribution in [0.3, 0.4) is 0 Å². The Morgan fingerprint density at radius 2 is 1.77 bits per heavy atom. The van der Waals surface area contributed by atoms with Gasteiger partial charge in [0.05, 0.1) is 10.6 Å². The van der Waals surface area contributed by atoms with Crippen LogP contribution in [0.25, 0.3) is 10.2 Å². The third-order valence-corrected chi connectivity index (χ3v) is 5.66. The Morgan fingerprint density at radius 1 is 1.15 bits per heavy atom. The van der Waals surface area contributed by atoms with E-state index in [4.69, 9.17) is 0 Å². The predicted molar refractivity (Wildman–Crippen MR) is 108 cm³/mol. The Kier molecular flexibility index (Phi) is 5.44. The lowest BCUT2D eigenvalue weighted by Gasteiger charge is -2.20. The molecule has 0 spiro atoms. The van der Waals surface area contributed by atoms with E-state index in [9.17, 15) is 4.79 Å². The molecule has 0 unspecified atom stereocenters. The van der Waals surface area contributed by atoms with Gasteiger partial charge in [0.1, 0.15) is 4.83 Å². The van der Waals surface area contributed by atoms with Crippen LogP contribution in [0.1, 0.15) is 33.4 Å². The van der Waals surface area contributed by atoms with Gasteiger partial charge in [0.2, 0.25) is 0 Å². The number of hydrogen-bond donors (Lipinski definition) is 0. The Hall–Kier alpha value is -2.18. The number of carbonyl (C=O) groups is 1. The molecule has 3 aromatic rings. The monoisotopic (exact) mass is 370 g/mol. The van der Waals surface area contributed by atoms with E-state index in [2.05, 4.69) is 48.4 Å². The summed E-state index contributed by atoms with van der Waals surface area (Å²) in [7, 11) is 6.05. The SMILES string of the molecule is CCN(Cc1ccc(CN(C)C)cc1)C(=O)c1cc2c(C)nn(C)c2s1. The number of rotatable bonds is 6. The van der Waals surface area contributed by atoms with Crippen LogP contribution in [-0.2, 0) is 20.1 Å². The third kappa shape index (κ3) is 3.81. The van der Waals surface area contributed by atoms with Gasteiger partial charge in [-0.25, -0.2) is 0 Å². The Morgan fingerprint density at radius 3 is 2.31 bits per heavy atom. The van der Waals surface area contributed by atoms with Crippen molar-refractivity contribution in [3.8, 4) is 0 Å². The van der Waals surface area contributed by atoms with E-state index in [1.165, 1.54) is 16.9 Å². The van der Waals surface area contributed by atoms with E-state index >= 15 is 0 Å². The predicted octanol–water partition coefficient (Wildman–Crippen LogP) is 3.67. The summed E-state index contributed by atoms with van der Waals surface area (Å²) < 4.78 is 1.85. The number of nitrogens with zero attached hydrogens (tertiary/aromatic N) is 4. The quantitative estimate of drug-likeness (QED) is 0.665. The van der Waals surface area contributed by atoms with Crippen molar-refractivity contribution in [2.45, 2.75) is 26.9 Å². The van der Waals surface area contributed by atoms with Crippen molar-refractivity contribution < 1.29 is 4.79 Å². The summed E-state index contributed by atoms with van der Waals surface area (Å²) in [4.78, 5) is 18.9. The molecule has 0 saturated carbocycles. The highest BCUT2D eigenvalue weighted by molar-refractivity contribution is 7.20. The zero-order chi connectivity index (χ0) is 18.8. The lowest BCUT2D eigenvalue weighted by atomic mass is 10.1. The highest BCUT2D eigenvalue weighted by Crippen LogP contribution is 2.28. The summed E-state index contributed by atoms with van der Waals surface area (Å²) in [5, 5.41) is 5.48. The maximum Gasteiger partial charge on any atom is 0.264 e. The number of hydrogen-bond acceptors (Lipinski definition) is 4. The molecule has 0 aliphatic heterocycles. The number of amides is 1. The molecule has 2 aromatic heterocycles. The molecule has 0 radical (unpaired) electrons. The molecule has 1 aromatic carbocycles. The first-order valence-corrected chi connectivity index (χ1v) is 9.65. The number of carbonyl (C=O) groups excluding carboxylic acids is 1. The Balaban J connectivity index is 1.76. The lowest BCUT2D eigenvalue weighted by Crippen LogP contribution is -2.29. The van der Waals surface area contributed by atoms with Gasteiger partial charge in [0.15, 0.2) is 0 Å². The van der Waals surface area contributed by atoms with Gasteiger partial charge in [0, 0.05) is 32.1 Å². The summed E-state index contributed by atoms with van der Waals surface area (Å²) in [6, 6.07) is 10.5. The molecule has 1 amide bonds. The molecule has 0 fully saturated rings. The maximum absolute atomic E-state index is 13.0. The molecule has 0 aliphatic carbocycles. The van der Waals surface area contributed by atoms with Crippen molar-refractivity contribution in [3.63, 3.8) is 0 Å². The van der Waals surface area contributed by atoms with E-state index in [-0.39, 0.29) is 5.91 Å². The fourth-order valence-corrected chi connectivity index (χ4v) is 4.22. The number of fused-ring (bicyclic) bond motifs is 1. The first-order chi connectivity index (χ1) is 12.4. The standard InChI is InChI=1S/C20H26N4OS/c1-6-24(13-16-9-7-15(8-10-16)12-22(3)4)19(25)18-11-17-14(2)21-23(5)20(17)26-18/h7-11H,6,12-13H2,1-5H3. The van der Waals surface area contributed by atoms with E-state index in [1.54, 1.807) is 0 Å². The lowest BCUT2D eigenvalue weighted by molar-refractivity contribution is 0.0757. The van der Waals surface area contributed by atoms with E-state index < -0.39 is 0 Å². The molecule has 6 heteroatoms. The average Bonchev–Trinajstić information content (AvgIpc) is 3.15. The van der Waals surface area contributed by atoms with E-state index in [0.29, 0.717) is 13.1 Å². The molecule has 3 rings (SSSR count). The van der Waals surface area contributed by atoms with Crippen LogP contribution in [0.2, 0.25) is 0 Å². The van der Waals surface area contributed by atoms with Crippen molar-refractivity contribution in [2.75, 3.05) is 20.6 Å². The average molecular weight is 371 g/mol. The minimum absolute atomic E-state index is 0.0884. The van der Waals surface area contributed by atoms with Crippen LogP contribution >= 0.6 is 11.3 Å². The molecule has 5 nitrogen and oxygen atoms in total. The molecular formula is C20H26N4OS. The van der Waals surface area contributed by atoms with E-state index in [0.717, 1.165) is 32.9 Å². The number of benzene rings is 1. The van der Waals surface area contributed by atoms with Gasteiger partial charge in [0.25, 0.3) is 5.91 Å². The zero-order valence-corrected chi connectivity index (χ0v) is 16.9. The van der Waals surface area contributed by atoms with Crippen LogP contribution in [-0.4, -0.2) is 46.1 Å². The smallest absolute Gasteiger partial charge is 0.264 e. The summed E-state index contributed by atoms with van der Waals surface area (Å²) in [5.74, 6) is 0.0884. The van der Waals surface area contributed by atoms with Gasteiger partial charge in [-0.05, 0) is 45.1 Å². The van der Waals surface area contributed by atoms with E-state index in [1.807, 2.05) is 36.5 Å². The Bertz CT molecular complexity index is 873. The fourth-order valence-electron chi connectivity index (χ4n) is 3.13. The zero-order valence-electron chi connectivity index (χ0n) is 16.1. The van der Waals surface area contributed by atoms with Gasteiger partial charge in [-0.3, -0.25) is 9.48 Å². The van der Waals surface area contributed by atoms with Gasteiger partial charge in [-0.2, -0.15) is 5.10 Å². The summed E-state index contributed by atoms with van der Waals surface area (Å²) in [5.41, 5.74) is 3.40. The fraction of sp³-hybridized carbons (Fsp3) is 0.400. The molecule has 138 valence electrons. The minimum Gasteiger partial charge on any atom is -0.334 e. The number of aryl methyl sites for hydroxylation is 2. The number of thiophene rings is 1. The highest BCUT2D eigenvalue weighted by atomic mass is 32.1. The van der Waals surface area contributed by atoms with Crippen molar-refractivity contribution in [1.82, 2.24) is 19.6 Å². The first-order valence-electron chi connectivity index (χ1n) is 8.84. The second kappa shape index (κ2) is 7.60. The minimum atomic E-state index is 0.0884. The Labute approximate surface area is 158 Å². The maximum atomic E-state index is 13.0. The molecular weight excluding hydrogens is 344 g/mol. The summed E-state index contributed by atoms with van der Waals surface area (Å²) in [6.45, 7) is 6.24. The second-order valence-corrected chi connectivity index (χ2v) is 7.94. The topological polar surface area (TPSA) is 41.4 Å². The third-order valence-electron chi connectivity index (χ3n) is 4.47. The van der Waals surface area contributed by atoms with Crippen LogP contribution in [0.5, 0.6) is 0 Å². The van der Waals surface area contributed by atoms with Gasteiger partial charge >= 0.3 is 0 Å². The van der Waals surface area contributed by atoms with Crippen molar-refractivity contribution >= 4 is 27.5 Å². The molecule has 0 aliphatic rings. The molecule has 0 saturated heterocycles. The molecule has 2 heterocycles. The molecule has 0 N–H and O–H groups in total.